The van der Waals surface area contributed by atoms with Crippen molar-refractivity contribution in [2.24, 2.45) is 5.41 Å². The lowest BCUT2D eigenvalue weighted by molar-refractivity contribution is -0.0331. The molecular weight excluding hydrogens is 286 g/mol. The first kappa shape index (κ1) is 15.8. The minimum atomic E-state index is -0.513. The first-order valence-corrected chi connectivity index (χ1v) is 7.98. The number of hydrogen-bond donors (Lipinski definition) is 1. The Labute approximate surface area is 130 Å². The van der Waals surface area contributed by atoms with Crippen molar-refractivity contribution in [3.8, 4) is 0 Å². The van der Waals surface area contributed by atoms with Crippen LogP contribution in [0, 0.1) is 17.0 Å². The van der Waals surface area contributed by atoms with Gasteiger partial charge in [0.15, 0.2) is 0 Å². The molecule has 2 fully saturated rings. The van der Waals surface area contributed by atoms with Crippen LogP contribution in [0.1, 0.15) is 24.8 Å². The van der Waals surface area contributed by atoms with Crippen molar-refractivity contribution in [1.29, 1.82) is 0 Å². The Morgan fingerprint density at radius 2 is 1.82 bits per heavy atom. The van der Waals surface area contributed by atoms with Crippen LogP contribution >= 0.6 is 0 Å². The Kier molecular flexibility index (Phi) is 4.48. The average molecular weight is 310 g/mol. The zero-order chi connectivity index (χ0) is 15.7. The molecule has 122 valence electrons. The first-order valence-electron chi connectivity index (χ1n) is 7.98. The monoisotopic (exact) mass is 310 g/mol. The highest BCUT2D eigenvalue weighted by Gasteiger charge is 2.40. The van der Waals surface area contributed by atoms with Gasteiger partial charge in [-0.1, -0.05) is 0 Å². The van der Waals surface area contributed by atoms with Crippen molar-refractivity contribution in [1.82, 2.24) is 9.80 Å². The highest BCUT2D eigenvalue weighted by molar-refractivity contribution is 5.18. The summed E-state index contributed by atoms with van der Waals surface area (Å²) in [5.74, 6) is -1.03. The normalized spacial score (nSPS) is 26.5. The number of likely N-dealkylation sites (tertiary alicyclic amines) is 2. The summed E-state index contributed by atoms with van der Waals surface area (Å²) >= 11 is 0. The van der Waals surface area contributed by atoms with Gasteiger partial charge >= 0.3 is 0 Å². The van der Waals surface area contributed by atoms with E-state index in [1.807, 2.05) is 0 Å². The minimum absolute atomic E-state index is 0.204. The third-order valence-electron chi connectivity index (χ3n) is 5.04. The van der Waals surface area contributed by atoms with Gasteiger partial charge < -0.3 is 10.0 Å². The maximum absolute atomic E-state index is 13.3. The second-order valence-corrected chi connectivity index (χ2v) is 7.11. The van der Waals surface area contributed by atoms with Gasteiger partial charge in [0, 0.05) is 25.7 Å². The molecule has 1 aromatic rings. The summed E-state index contributed by atoms with van der Waals surface area (Å²) in [4.78, 5) is 4.46. The smallest absolute Gasteiger partial charge is 0.126 e. The predicted molar refractivity (Wildman–Crippen MR) is 81.4 cm³/mol. The molecule has 22 heavy (non-hydrogen) atoms. The molecule has 2 heterocycles. The Morgan fingerprint density at radius 1 is 1.18 bits per heavy atom. The largest absolute Gasteiger partial charge is 0.392 e. The lowest BCUT2D eigenvalue weighted by Gasteiger charge is -2.48. The number of likely N-dealkylation sites (N-methyl/N-ethyl adjacent to an activating group) is 1. The first-order chi connectivity index (χ1) is 10.4. The summed E-state index contributed by atoms with van der Waals surface area (Å²) < 4.78 is 26.5. The molecule has 0 amide bonds. The molecule has 1 unspecified atom stereocenters. The molecule has 2 aliphatic heterocycles. The van der Waals surface area contributed by atoms with Crippen LogP contribution in [0.3, 0.4) is 0 Å². The Morgan fingerprint density at radius 3 is 2.41 bits per heavy atom. The molecule has 0 bridgehead atoms. The van der Waals surface area contributed by atoms with E-state index in [-0.39, 0.29) is 11.5 Å². The highest BCUT2D eigenvalue weighted by Crippen LogP contribution is 2.39. The van der Waals surface area contributed by atoms with Gasteiger partial charge in [-0.3, -0.25) is 4.90 Å². The molecule has 0 aromatic heterocycles. The lowest BCUT2D eigenvalue weighted by Crippen LogP contribution is -2.52. The van der Waals surface area contributed by atoms with Crippen LogP contribution in [-0.2, 0) is 6.54 Å². The van der Waals surface area contributed by atoms with Gasteiger partial charge in [-0.2, -0.15) is 0 Å². The summed E-state index contributed by atoms with van der Waals surface area (Å²) in [6.07, 6.45) is 2.71. The molecule has 2 aliphatic rings. The molecule has 1 aromatic carbocycles. The standard InChI is InChI=1S/C17H24F2N2O/c1-20-11-16(22)9-17(12-20)2-4-21(5-3-17)10-13-6-14(18)8-15(19)7-13/h6-8,16,22H,2-5,9-12H2,1H3. The molecule has 3 rings (SSSR count). The molecule has 2 saturated heterocycles. The van der Waals surface area contributed by atoms with Crippen molar-refractivity contribution in [3.63, 3.8) is 0 Å². The van der Waals surface area contributed by atoms with Crippen molar-refractivity contribution >= 4 is 0 Å². The molecule has 1 atom stereocenters. The SMILES string of the molecule is CN1CC(O)CC2(CCN(Cc3cc(F)cc(F)c3)CC2)C1. The molecule has 0 radical (unpaired) electrons. The third kappa shape index (κ3) is 3.65. The van der Waals surface area contributed by atoms with Crippen LogP contribution in [0.15, 0.2) is 18.2 Å². The Hall–Kier alpha value is -1.04. The van der Waals surface area contributed by atoms with Gasteiger partial charge in [0.2, 0.25) is 0 Å². The van der Waals surface area contributed by atoms with Crippen LogP contribution < -0.4 is 0 Å². The molecule has 5 heteroatoms. The van der Waals surface area contributed by atoms with Gasteiger partial charge in [0.25, 0.3) is 0 Å². The average Bonchev–Trinajstić information content (AvgIpc) is 2.39. The number of rotatable bonds is 2. The summed E-state index contributed by atoms with van der Waals surface area (Å²) in [7, 11) is 2.06. The zero-order valence-electron chi connectivity index (χ0n) is 13.1. The fourth-order valence-electron chi connectivity index (χ4n) is 4.13. The lowest BCUT2D eigenvalue weighted by atomic mass is 9.71. The quantitative estimate of drug-likeness (QED) is 0.907. The summed E-state index contributed by atoms with van der Waals surface area (Å²) in [6, 6.07) is 3.73. The second kappa shape index (κ2) is 6.22. The van der Waals surface area contributed by atoms with Crippen LogP contribution in [0.25, 0.3) is 0 Å². The number of hydrogen-bond acceptors (Lipinski definition) is 3. The van der Waals surface area contributed by atoms with Crippen LogP contribution in [0.4, 0.5) is 8.78 Å². The molecule has 0 saturated carbocycles. The molecule has 1 spiro atoms. The maximum atomic E-state index is 13.3. The number of benzene rings is 1. The van der Waals surface area contributed by atoms with Gasteiger partial charge in [-0.15, -0.1) is 0 Å². The minimum Gasteiger partial charge on any atom is -0.392 e. The fraction of sp³-hybridized carbons (Fsp3) is 0.647. The second-order valence-electron chi connectivity index (χ2n) is 7.11. The van der Waals surface area contributed by atoms with Gasteiger partial charge in [-0.25, -0.2) is 8.78 Å². The number of halogens is 2. The maximum Gasteiger partial charge on any atom is 0.126 e. The highest BCUT2D eigenvalue weighted by atomic mass is 19.1. The van der Waals surface area contributed by atoms with Crippen molar-refractivity contribution < 1.29 is 13.9 Å². The predicted octanol–water partition coefficient (Wildman–Crippen LogP) is 2.24. The van der Waals surface area contributed by atoms with E-state index in [1.54, 1.807) is 0 Å². The number of aliphatic hydroxyl groups excluding tert-OH is 1. The van der Waals surface area contributed by atoms with Gasteiger partial charge in [0.05, 0.1) is 6.10 Å². The Balaban J connectivity index is 1.59. The zero-order valence-corrected chi connectivity index (χ0v) is 13.1. The van der Waals surface area contributed by atoms with Crippen molar-refractivity contribution in [3.05, 3.63) is 35.4 Å². The number of nitrogens with zero attached hydrogens (tertiary/aromatic N) is 2. The van der Waals surface area contributed by atoms with E-state index in [0.29, 0.717) is 12.1 Å². The molecule has 3 nitrogen and oxygen atoms in total. The van der Waals surface area contributed by atoms with E-state index < -0.39 is 11.6 Å². The number of piperidine rings is 2. The summed E-state index contributed by atoms with van der Waals surface area (Å²) in [6.45, 7) is 4.21. The topological polar surface area (TPSA) is 26.7 Å². The van der Waals surface area contributed by atoms with Gasteiger partial charge in [-0.05, 0) is 62.5 Å². The summed E-state index contributed by atoms with van der Waals surface area (Å²) in [5, 5.41) is 10.0. The molecule has 1 N–H and O–H groups in total. The van der Waals surface area contributed by atoms with Crippen molar-refractivity contribution in [2.45, 2.75) is 31.9 Å². The number of β-amino-alcohol motifs (C(OH)–C–C–N with tert-alkyl or cyclic N) is 1. The molecule has 0 aliphatic carbocycles. The van der Waals surface area contributed by atoms with E-state index in [2.05, 4.69) is 16.8 Å². The van der Waals surface area contributed by atoms with Crippen molar-refractivity contribution in [2.75, 3.05) is 33.2 Å². The van der Waals surface area contributed by atoms with E-state index in [0.717, 1.165) is 51.5 Å². The Bertz CT molecular complexity index is 497. The molecular formula is C17H24F2N2O. The third-order valence-corrected chi connectivity index (χ3v) is 5.04. The van der Waals surface area contributed by atoms with Crippen LogP contribution in [0.2, 0.25) is 0 Å². The van der Waals surface area contributed by atoms with E-state index >= 15 is 0 Å². The number of aliphatic hydroxyl groups is 1. The van der Waals surface area contributed by atoms with Crippen LogP contribution in [0.5, 0.6) is 0 Å². The van der Waals surface area contributed by atoms with Gasteiger partial charge in [0.1, 0.15) is 11.6 Å². The van der Waals surface area contributed by atoms with Crippen LogP contribution in [-0.4, -0.2) is 54.2 Å². The fourth-order valence-corrected chi connectivity index (χ4v) is 4.13. The van der Waals surface area contributed by atoms with E-state index in [9.17, 15) is 13.9 Å². The van der Waals surface area contributed by atoms with E-state index in [1.165, 1.54) is 12.1 Å². The van der Waals surface area contributed by atoms with E-state index in [4.69, 9.17) is 0 Å². The summed E-state index contributed by atoms with van der Waals surface area (Å²) in [5.41, 5.74) is 0.894.